The molecule has 0 atom stereocenters. The van der Waals surface area contributed by atoms with Crippen LogP contribution in [0.15, 0.2) is 21.9 Å². The number of benzene rings is 1. The van der Waals surface area contributed by atoms with E-state index in [1.165, 1.54) is 31.2 Å². The molecule has 0 bridgehead atoms. The Kier molecular flexibility index (Phi) is 11.0. The maximum atomic E-state index is 10.9. The van der Waals surface area contributed by atoms with Crippen molar-refractivity contribution in [2.45, 2.75) is 61.3 Å². The first-order valence-electron chi connectivity index (χ1n) is 8.39. The smallest absolute Gasteiger partial charge is 0.404 e. The van der Waals surface area contributed by atoms with Gasteiger partial charge in [-0.1, -0.05) is 25.7 Å². The molecule has 0 radical (unpaired) electrons. The Morgan fingerprint density at radius 2 is 1.58 bits per heavy atom. The van der Waals surface area contributed by atoms with Crippen LogP contribution in [0.5, 0.6) is 0 Å². The molecule has 0 aliphatic carbocycles. The third-order valence-corrected chi connectivity index (χ3v) is 5.51. The number of ether oxygens (including phenoxy) is 1. The number of carbonyl (C=O) groups excluding carboxylic acids is 1. The van der Waals surface area contributed by atoms with Crippen LogP contribution in [-0.4, -0.2) is 30.3 Å². The fraction of sp³-hybridized carbons (Fsp3) is 0.611. The van der Waals surface area contributed by atoms with Gasteiger partial charge >= 0.3 is 6.09 Å². The highest BCUT2D eigenvalue weighted by molar-refractivity contribution is 7.99. The fourth-order valence-electron chi connectivity index (χ4n) is 2.62. The maximum Gasteiger partial charge on any atom is 0.404 e. The minimum absolute atomic E-state index is 0.229. The van der Waals surface area contributed by atoms with E-state index in [1.807, 2.05) is 12.5 Å². The van der Waals surface area contributed by atoms with Crippen LogP contribution in [-0.2, 0) is 17.8 Å². The molecule has 136 valence electrons. The van der Waals surface area contributed by atoms with Gasteiger partial charge in [0.05, 0.1) is 0 Å². The fourth-order valence-corrected chi connectivity index (χ4v) is 4.05. The summed E-state index contributed by atoms with van der Waals surface area (Å²) in [6, 6.07) is 4.41. The summed E-state index contributed by atoms with van der Waals surface area (Å²) in [5.74, 6) is 0. The third kappa shape index (κ3) is 7.81. The van der Waals surface area contributed by atoms with Gasteiger partial charge in [0.2, 0.25) is 0 Å². The number of hydrogen-bond donors (Lipinski definition) is 2. The van der Waals surface area contributed by atoms with Gasteiger partial charge in [0.15, 0.2) is 0 Å². The summed E-state index contributed by atoms with van der Waals surface area (Å²) in [6.45, 7) is 0.535. The molecule has 24 heavy (non-hydrogen) atoms. The van der Waals surface area contributed by atoms with E-state index in [1.54, 1.807) is 23.5 Å². The number of primary amides is 1. The first-order chi connectivity index (χ1) is 11.6. The Labute approximate surface area is 153 Å². The SMILES string of the molecule is CSc1cc(CCCCCCCCO)cc(SC)c1COC(N)=O. The molecular formula is C18H29NO3S2. The molecule has 1 amide bonds. The molecule has 1 aromatic carbocycles. The zero-order valence-electron chi connectivity index (χ0n) is 14.7. The molecule has 0 heterocycles. The van der Waals surface area contributed by atoms with Gasteiger partial charge in [-0.2, -0.15) is 0 Å². The molecule has 0 spiro atoms. The second-order valence-corrected chi connectivity index (χ2v) is 7.38. The zero-order valence-corrected chi connectivity index (χ0v) is 16.3. The standard InChI is InChI=1S/C18H29NO3S2/c1-23-16-11-14(9-7-5-3-4-6-8-10-20)12-17(24-2)15(16)13-22-18(19)21/h11-12,20H,3-10,13H2,1-2H3,(H2,19,21). The second-order valence-electron chi connectivity index (χ2n) is 5.68. The number of unbranched alkanes of at least 4 members (excludes halogenated alkanes) is 5. The molecule has 0 aliphatic heterocycles. The number of carbonyl (C=O) groups is 1. The lowest BCUT2D eigenvalue weighted by Crippen LogP contribution is -2.13. The highest BCUT2D eigenvalue weighted by Gasteiger charge is 2.12. The molecule has 6 heteroatoms. The van der Waals surface area contributed by atoms with Crippen molar-refractivity contribution < 1.29 is 14.6 Å². The molecule has 0 aromatic heterocycles. The van der Waals surface area contributed by atoms with Crippen LogP contribution in [0, 0.1) is 0 Å². The molecule has 4 nitrogen and oxygen atoms in total. The molecule has 1 rings (SSSR count). The van der Waals surface area contributed by atoms with Crippen LogP contribution in [0.25, 0.3) is 0 Å². The quantitative estimate of drug-likeness (QED) is 0.415. The number of aliphatic hydroxyl groups excluding tert-OH is 1. The number of hydrogen-bond acceptors (Lipinski definition) is 5. The van der Waals surface area contributed by atoms with Crippen LogP contribution >= 0.6 is 23.5 Å². The Bertz CT molecular complexity index is 484. The van der Waals surface area contributed by atoms with E-state index < -0.39 is 6.09 Å². The molecule has 0 fully saturated rings. The summed E-state index contributed by atoms with van der Waals surface area (Å²) < 4.78 is 4.99. The van der Waals surface area contributed by atoms with Crippen LogP contribution < -0.4 is 5.73 Å². The molecule has 0 saturated carbocycles. The normalized spacial score (nSPS) is 10.8. The predicted octanol–water partition coefficient (Wildman–Crippen LogP) is 4.60. The summed E-state index contributed by atoms with van der Waals surface area (Å²) in [7, 11) is 0. The third-order valence-electron chi connectivity index (χ3n) is 3.90. The topological polar surface area (TPSA) is 72.6 Å². The number of amides is 1. The largest absolute Gasteiger partial charge is 0.445 e. The van der Waals surface area contributed by atoms with E-state index in [0.717, 1.165) is 34.6 Å². The number of rotatable bonds is 12. The summed E-state index contributed by atoms with van der Waals surface area (Å²) >= 11 is 3.35. The summed E-state index contributed by atoms with van der Waals surface area (Å²) in [4.78, 5) is 13.2. The van der Waals surface area contributed by atoms with Gasteiger partial charge in [0, 0.05) is 22.0 Å². The average molecular weight is 372 g/mol. The van der Waals surface area contributed by atoms with Crippen LogP contribution in [0.4, 0.5) is 4.79 Å². The lowest BCUT2D eigenvalue weighted by Gasteiger charge is -2.14. The van der Waals surface area contributed by atoms with Gasteiger partial charge in [-0.05, 0) is 49.5 Å². The Balaban J connectivity index is 2.60. The van der Waals surface area contributed by atoms with Crippen molar-refractivity contribution in [3.05, 3.63) is 23.3 Å². The zero-order chi connectivity index (χ0) is 17.8. The molecule has 3 N–H and O–H groups in total. The first-order valence-corrected chi connectivity index (χ1v) is 10.8. The van der Waals surface area contributed by atoms with Crippen molar-refractivity contribution in [1.29, 1.82) is 0 Å². The van der Waals surface area contributed by atoms with Gasteiger partial charge in [-0.3, -0.25) is 0 Å². The van der Waals surface area contributed by atoms with Crippen LogP contribution in [0.2, 0.25) is 0 Å². The maximum absolute atomic E-state index is 10.9. The first kappa shape index (κ1) is 21.2. The van der Waals surface area contributed by atoms with Crippen molar-refractivity contribution in [3.63, 3.8) is 0 Å². The van der Waals surface area contributed by atoms with E-state index in [9.17, 15) is 4.79 Å². The average Bonchev–Trinajstić information content (AvgIpc) is 2.58. The number of thioether (sulfide) groups is 2. The molecule has 0 aliphatic rings. The Morgan fingerprint density at radius 3 is 2.08 bits per heavy atom. The van der Waals surface area contributed by atoms with Crippen molar-refractivity contribution in [2.24, 2.45) is 5.73 Å². The summed E-state index contributed by atoms with van der Waals surface area (Å²) in [6.07, 6.45) is 11.3. The Morgan fingerprint density at radius 1 is 1.04 bits per heavy atom. The van der Waals surface area contributed by atoms with Crippen molar-refractivity contribution in [1.82, 2.24) is 0 Å². The predicted molar refractivity (Wildman–Crippen MR) is 103 cm³/mol. The molecular weight excluding hydrogens is 342 g/mol. The number of nitrogens with two attached hydrogens (primary N) is 1. The second kappa shape index (κ2) is 12.5. The van der Waals surface area contributed by atoms with E-state index in [0.29, 0.717) is 6.61 Å². The lowest BCUT2D eigenvalue weighted by atomic mass is 10.0. The van der Waals surface area contributed by atoms with Gasteiger partial charge in [-0.15, -0.1) is 23.5 Å². The molecule has 0 saturated heterocycles. The molecule has 0 unspecified atom stereocenters. The molecule has 1 aromatic rings. The van der Waals surface area contributed by atoms with E-state index in [2.05, 4.69) is 12.1 Å². The van der Waals surface area contributed by atoms with E-state index >= 15 is 0 Å². The van der Waals surface area contributed by atoms with E-state index in [-0.39, 0.29) is 6.61 Å². The highest BCUT2D eigenvalue weighted by atomic mass is 32.2. The van der Waals surface area contributed by atoms with Gasteiger partial charge in [0.25, 0.3) is 0 Å². The van der Waals surface area contributed by atoms with Gasteiger partial charge < -0.3 is 15.6 Å². The Hall–Kier alpha value is -0.850. The lowest BCUT2D eigenvalue weighted by molar-refractivity contribution is 0.148. The monoisotopic (exact) mass is 371 g/mol. The van der Waals surface area contributed by atoms with Crippen molar-refractivity contribution in [3.8, 4) is 0 Å². The van der Waals surface area contributed by atoms with Crippen molar-refractivity contribution >= 4 is 29.6 Å². The van der Waals surface area contributed by atoms with Crippen molar-refractivity contribution in [2.75, 3.05) is 19.1 Å². The van der Waals surface area contributed by atoms with Gasteiger partial charge in [-0.25, -0.2) is 4.79 Å². The minimum Gasteiger partial charge on any atom is -0.445 e. The summed E-state index contributed by atoms with van der Waals surface area (Å²) in [5.41, 5.74) is 7.47. The van der Waals surface area contributed by atoms with Crippen LogP contribution in [0.1, 0.15) is 49.7 Å². The van der Waals surface area contributed by atoms with Gasteiger partial charge in [0.1, 0.15) is 6.61 Å². The van der Waals surface area contributed by atoms with E-state index in [4.69, 9.17) is 15.6 Å². The number of aliphatic hydroxyl groups is 1. The number of aryl methyl sites for hydroxylation is 1. The summed E-state index contributed by atoms with van der Waals surface area (Å²) in [5, 5.41) is 8.77. The minimum atomic E-state index is -0.737. The van der Waals surface area contributed by atoms with Crippen LogP contribution in [0.3, 0.4) is 0 Å². The highest BCUT2D eigenvalue weighted by Crippen LogP contribution is 2.32.